The summed E-state index contributed by atoms with van der Waals surface area (Å²) in [4.78, 5) is 11.4. The van der Waals surface area contributed by atoms with Gasteiger partial charge in [-0.25, -0.2) is 8.42 Å². The monoisotopic (exact) mass is 486 g/mol. The number of hydrogen-bond donors (Lipinski definition) is 1. The lowest BCUT2D eigenvalue weighted by molar-refractivity contribution is -0.133. The van der Waals surface area contributed by atoms with Crippen LogP contribution in [-0.2, 0) is 14.8 Å². The van der Waals surface area contributed by atoms with Crippen LogP contribution in [0.4, 0.5) is 0 Å². The molecule has 1 aliphatic rings. The SMILES string of the molecule is Cc1cccc(-n2c(SCC(=O)O)nnc2-c2ccc(S(=O)(=O)N3CCCCC3)cc2)c1C. The molecule has 1 aliphatic heterocycles. The Balaban J connectivity index is 1.74. The van der Waals surface area contributed by atoms with Gasteiger partial charge in [-0.05, 0) is 68.1 Å². The predicted octanol–water partition coefficient (Wildman–Crippen LogP) is 3.90. The first kappa shape index (κ1) is 23.5. The molecule has 0 spiro atoms. The molecule has 2 aromatic carbocycles. The van der Waals surface area contributed by atoms with E-state index in [4.69, 9.17) is 5.11 Å². The molecule has 0 saturated carbocycles. The maximum atomic E-state index is 13.0. The van der Waals surface area contributed by atoms with E-state index in [1.165, 1.54) is 0 Å². The lowest BCUT2D eigenvalue weighted by Gasteiger charge is -2.25. The van der Waals surface area contributed by atoms with Gasteiger partial charge in [-0.1, -0.05) is 30.3 Å². The highest BCUT2D eigenvalue weighted by Gasteiger charge is 2.26. The second-order valence-corrected chi connectivity index (χ2v) is 10.9. The van der Waals surface area contributed by atoms with Crippen molar-refractivity contribution in [2.75, 3.05) is 18.8 Å². The van der Waals surface area contributed by atoms with E-state index in [0.717, 1.165) is 47.8 Å². The molecule has 1 saturated heterocycles. The molecule has 1 aromatic heterocycles. The number of carbonyl (C=O) groups is 1. The second-order valence-electron chi connectivity index (χ2n) is 8.03. The van der Waals surface area contributed by atoms with Gasteiger partial charge in [0.2, 0.25) is 10.0 Å². The quantitative estimate of drug-likeness (QED) is 0.505. The molecule has 1 N–H and O–H groups in total. The molecule has 0 aliphatic carbocycles. The summed E-state index contributed by atoms with van der Waals surface area (Å²) in [6, 6.07) is 12.5. The number of thioether (sulfide) groups is 1. The summed E-state index contributed by atoms with van der Waals surface area (Å²) in [5.41, 5.74) is 3.67. The number of nitrogens with zero attached hydrogens (tertiary/aromatic N) is 4. The fourth-order valence-electron chi connectivity index (χ4n) is 3.90. The molecule has 0 amide bonds. The topological polar surface area (TPSA) is 105 Å². The molecule has 0 radical (unpaired) electrons. The molecule has 0 unspecified atom stereocenters. The molecule has 33 heavy (non-hydrogen) atoms. The summed E-state index contributed by atoms with van der Waals surface area (Å²) in [7, 11) is -3.53. The van der Waals surface area contributed by atoms with Crippen molar-refractivity contribution in [3.63, 3.8) is 0 Å². The molecule has 1 fully saturated rings. The number of aliphatic carboxylic acids is 1. The van der Waals surface area contributed by atoms with Crippen molar-refractivity contribution in [1.29, 1.82) is 0 Å². The lowest BCUT2D eigenvalue weighted by Crippen LogP contribution is -2.35. The van der Waals surface area contributed by atoms with Crippen LogP contribution in [0.1, 0.15) is 30.4 Å². The summed E-state index contributed by atoms with van der Waals surface area (Å²) in [6.45, 7) is 5.10. The normalized spacial score (nSPS) is 15.0. The highest BCUT2D eigenvalue weighted by Crippen LogP contribution is 2.31. The fourth-order valence-corrected chi connectivity index (χ4v) is 6.08. The fraction of sp³-hybridized carbons (Fsp3) is 0.348. The predicted molar refractivity (Wildman–Crippen MR) is 127 cm³/mol. The van der Waals surface area contributed by atoms with Gasteiger partial charge in [0.05, 0.1) is 16.3 Å². The third-order valence-electron chi connectivity index (χ3n) is 5.84. The van der Waals surface area contributed by atoms with Crippen LogP contribution in [0.15, 0.2) is 52.5 Å². The highest BCUT2D eigenvalue weighted by molar-refractivity contribution is 7.99. The number of benzene rings is 2. The Labute approximate surface area is 197 Å². The molecule has 2 heterocycles. The summed E-state index contributed by atoms with van der Waals surface area (Å²) in [6.07, 6.45) is 2.82. The maximum absolute atomic E-state index is 13.0. The molecule has 0 atom stereocenters. The van der Waals surface area contributed by atoms with Gasteiger partial charge in [0.25, 0.3) is 0 Å². The third-order valence-corrected chi connectivity index (χ3v) is 8.67. The van der Waals surface area contributed by atoms with Crippen LogP contribution in [0, 0.1) is 13.8 Å². The zero-order valence-corrected chi connectivity index (χ0v) is 20.2. The Morgan fingerprint density at radius 1 is 1.03 bits per heavy atom. The third kappa shape index (κ3) is 4.83. The van der Waals surface area contributed by atoms with E-state index in [-0.39, 0.29) is 10.6 Å². The van der Waals surface area contributed by atoms with Crippen molar-refractivity contribution in [2.45, 2.75) is 43.2 Å². The standard InChI is InChI=1S/C23H26N4O4S2/c1-16-7-6-8-20(17(16)2)27-22(24-25-23(27)32-15-21(28)29)18-9-11-19(12-10-18)33(30,31)26-13-4-3-5-14-26/h6-12H,3-5,13-15H2,1-2H3,(H,28,29). The van der Waals surface area contributed by atoms with Gasteiger partial charge < -0.3 is 5.11 Å². The number of carboxylic acid groups (broad SMARTS) is 1. The zero-order valence-electron chi connectivity index (χ0n) is 18.6. The molecular formula is C23H26N4O4S2. The Bertz CT molecular complexity index is 1260. The highest BCUT2D eigenvalue weighted by atomic mass is 32.2. The van der Waals surface area contributed by atoms with E-state index >= 15 is 0 Å². The van der Waals surface area contributed by atoms with Crippen molar-refractivity contribution in [3.8, 4) is 17.1 Å². The Hall–Kier alpha value is -2.69. The van der Waals surface area contributed by atoms with Crippen LogP contribution in [0.25, 0.3) is 17.1 Å². The smallest absolute Gasteiger partial charge is 0.313 e. The van der Waals surface area contributed by atoms with Gasteiger partial charge >= 0.3 is 5.97 Å². The average Bonchev–Trinajstić information content (AvgIpc) is 3.24. The van der Waals surface area contributed by atoms with Crippen LogP contribution in [0.2, 0.25) is 0 Å². The number of carboxylic acids is 1. The molecule has 8 nitrogen and oxygen atoms in total. The molecule has 0 bridgehead atoms. The van der Waals surface area contributed by atoms with E-state index in [0.29, 0.717) is 29.6 Å². The summed E-state index contributed by atoms with van der Waals surface area (Å²) in [5.74, 6) is -0.557. The van der Waals surface area contributed by atoms with Crippen molar-refractivity contribution < 1.29 is 18.3 Å². The maximum Gasteiger partial charge on any atom is 0.313 e. The van der Waals surface area contributed by atoms with Crippen molar-refractivity contribution in [3.05, 3.63) is 53.6 Å². The zero-order chi connectivity index (χ0) is 23.6. The van der Waals surface area contributed by atoms with E-state index in [1.54, 1.807) is 28.6 Å². The average molecular weight is 487 g/mol. The van der Waals surface area contributed by atoms with Gasteiger partial charge in [-0.3, -0.25) is 9.36 Å². The lowest BCUT2D eigenvalue weighted by atomic mass is 10.1. The minimum atomic E-state index is -3.53. The van der Waals surface area contributed by atoms with Gasteiger partial charge in [0.15, 0.2) is 11.0 Å². The number of sulfonamides is 1. The molecule has 10 heteroatoms. The number of piperidine rings is 1. The van der Waals surface area contributed by atoms with Gasteiger partial charge in [-0.15, -0.1) is 10.2 Å². The molecular weight excluding hydrogens is 460 g/mol. The van der Waals surface area contributed by atoms with E-state index in [1.807, 2.05) is 36.6 Å². The van der Waals surface area contributed by atoms with Gasteiger partial charge in [0, 0.05) is 18.7 Å². The minimum absolute atomic E-state index is 0.143. The van der Waals surface area contributed by atoms with E-state index in [9.17, 15) is 13.2 Å². The first-order chi connectivity index (χ1) is 15.8. The second kappa shape index (κ2) is 9.66. The van der Waals surface area contributed by atoms with Crippen LogP contribution in [-0.4, -0.2) is 57.4 Å². The molecule has 4 rings (SSSR count). The van der Waals surface area contributed by atoms with Crippen molar-refractivity contribution in [2.24, 2.45) is 0 Å². The number of aryl methyl sites for hydroxylation is 1. The number of hydrogen-bond acceptors (Lipinski definition) is 6. The summed E-state index contributed by atoms with van der Waals surface area (Å²) in [5, 5.41) is 18.2. The first-order valence-corrected chi connectivity index (χ1v) is 13.2. The summed E-state index contributed by atoms with van der Waals surface area (Å²) < 4.78 is 29.4. The van der Waals surface area contributed by atoms with Crippen LogP contribution < -0.4 is 0 Å². The van der Waals surface area contributed by atoms with Gasteiger partial charge in [0.1, 0.15) is 0 Å². The van der Waals surface area contributed by atoms with E-state index < -0.39 is 16.0 Å². The van der Waals surface area contributed by atoms with Crippen LogP contribution in [0.5, 0.6) is 0 Å². The van der Waals surface area contributed by atoms with E-state index in [2.05, 4.69) is 10.2 Å². The Morgan fingerprint density at radius 2 is 1.73 bits per heavy atom. The van der Waals surface area contributed by atoms with Crippen LogP contribution in [0.3, 0.4) is 0 Å². The van der Waals surface area contributed by atoms with Crippen LogP contribution >= 0.6 is 11.8 Å². The van der Waals surface area contributed by atoms with Crippen molar-refractivity contribution >= 4 is 27.8 Å². The minimum Gasteiger partial charge on any atom is -0.481 e. The first-order valence-electron chi connectivity index (χ1n) is 10.8. The van der Waals surface area contributed by atoms with Gasteiger partial charge in [-0.2, -0.15) is 4.31 Å². The van der Waals surface area contributed by atoms with Crippen molar-refractivity contribution in [1.82, 2.24) is 19.1 Å². The Morgan fingerprint density at radius 3 is 2.39 bits per heavy atom. The molecule has 174 valence electrons. The molecule has 3 aromatic rings. The number of aromatic nitrogens is 3. The largest absolute Gasteiger partial charge is 0.481 e. The Kier molecular flexibility index (Phi) is 6.87. The number of rotatable bonds is 7. The summed E-state index contributed by atoms with van der Waals surface area (Å²) >= 11 is 1.09.